The summed E-state index contributed by atoms with van der Waals surface area (Å²) in [6.45, 7) is 3.44. The molecule has 1 amide bonds. The molecule has 1 unspecified atom stereocenters. The number of halogens is 1. The second-order valence-corrected chi connectivity index (χ2v) is 5.50. The van der Waals surface area contributed by atoms with Gasteiger partial charge in [-0.15, -0.1) is 0 Å². The first-order chi connectivity index (χ1) is 11.0. The summed E-state index contributed by atoms with van der Waals surface area (Å²) in [5.74, 6) is 0.780. The number of aryl methyl sites for hydroxylation is 1. The fraction of sp³-hybridized carbons (Fsp3) is 0.176. The van der Waals surface area contributed by atoms with Crippen LogP contribution in [0.25, 0.3) is 11.1 Å². The van der Waals surface area contributed by atoms with E-state index in [1.165, 1.54) is 0 Å². The van der Waals surface area contributed by atoms with E-state index in [4.69, 9.17) is 20.8 Å². The Morgan fingerprint density at radius 3 is 2.87 bits per heavy atom. The van der Waals surface area contributed by atoms with Gasteiger partial charge < -0.3 is 14.5 Å². The average molecular weight is 331 g/mol. The van der Waals surface area contributed by atoms with Gasteiger partial charge >= 0.3 is 0 Å². The van der Waals surface area contributed by atoms with E-state index in [2.05, 4.69) is 10.3 Å². The summed E-state index contributed by atoms with van der Waals surface area (Å²) in [6, 6.07) is 12.3. The molecule has 0 saturated carbocycles. The Morgan fingerprint density at radius 2 is 2.09 bits per heavy atom. The maximum atomic E-state index is 12.2. The number of oxazole rings is 1. The second kappa shape index (κ2) is 6.30. The van der Waals surface area contributed by atoms with Gasteiger partial charge in [0, 0.05) is 12.6 Å². The van der Waals surface area contributed by atoms with E-state index in [0.717, 1.165) is 0 Å². The summed E-state index contributed by atoms with van der Waals surface area (Å²) in [4.78, 5) is 16.5. The molecule has 6 heteroatoms. The zero-order valence-corrected chi connectivity index (χ0v) is 13.4. The third kappa shape index (κ3) is 3.46. The van der Waals surface area contributed by atoms with Crippen LogP contribution in [0.1, 0.15) is 12.8 Å². The SMILES string of the molecule is Cc1nc2cc(NC(=O)C(C)Oc3ccccc3Cl)ccc2o1. The van der Waals surface area contributed by atoms with E-state index in [0.29, 0.717) is 33.4 Å². The molecule has 2 aromatic carbocycles. The van der Waals surface area contributed by atoms with Crippen LogP contribution in [0.3, 0.4) is 0 Å². The van der Waals surface area contributed by atoms with E-state index < -0.39 is 6.10 Å². The van der Waals surface area contributed by atoms with Gasteiger partial charge in [-0.25, -0.2) is 4.98 Å². The lowest BCUT2D eigenvalue weighted by Crippen LogP contribution is -2.30. The predicted octanol–water partition coefficient (Wildman–Crippen LogP) is 4.20. The number of carbonyl (C=O) groups excluding carboxylic acids is 1. The minimum absolute atomic E-state index is 0.274. The maximum absolute atomic E-state index is 12.2. The molecule has 0 fully saturated rings. The number of aromatic nitrogens is 1. The molecule has 0 bridgehead atoms. The van der Waals surface area contributed by atoms with Crippen LogP contribution in [0.5, 0.6) is 5.75 Å². The molecule has 0 aliphatic rings. The number of hydrogen-bond acceptors (Lipinski definition) is 4. The van der Waals surface area contributed by atoms with E-state index in [-0.39, 0.29) is 5.91 Å². The summed E-state index contributed by atoms with van der Waals surface area (Å²) in [7, 11) is 0. The topological polar surface area (TPSA) is 64.4 Å². The van der Waals surface area contributed by atoms with Crippen LogP contribution in [0.15, 0.2) is 46.9 Å². The zero-order valence-electron chi connectivity index (χ0n) is 12.7. The lowest BCUT2D eigenvalue weighted by atomic mass is 10.2. The van der Waals surface area contributed by atoms with Gasteiger partial charge in [-0.3, -0.25) is 4.79 Å². The Morgan fingerprint density at radius 1 is 1.30 bits per heavy atom. The molecule has 1 atom stereocenters. The van der Waals surface area contributed by atoms with Crippen LogP contribution in [-0.2, 0) is 4.79 Å². The van der Waals surface area contributed by atoms with Crippen molar-refractivity contribution in [1.29, 1.82) is 0 Å². The standard InChI is InChI=1S/C17H15ClN2O3/c1-10(22-15-6-4-3-5-13(15)18)17(21)20-12-7-8-16-14(9-12)19-11(2)23-16/h3-10H,1-2H3,(H,20,21). The molecule has 1 aromatic heterocycles. The summed E-state index contributed by atoms with van der Waals surface area (Å²) in [5.41, 5.74) is 2.01. The van der Waals surface area contributed by atoms with Crippen molar-refractivity contribution in [1.82, 2.24) is 4.98 Å². The fourth-order valence-corrected chi connectivity index (χ4v) is 2.33. The number of carbonyl (C=O) groups is 1. The van der Waals surface area contributed by atoms with Gasteiger partial charge in [-0.2, -0.15) is 0 Å². The highest BCUT2D eigenvalue weighted by molar-refractivity contribution is 6.32. The third-order valence-corrected chi connectivity index (χ3v) is 3.58. The third-order valence-electron chi connectivity index (χ3n) is 3.27. The van der Waals surface area contributed by atoms with E-state index in [9.17, 15) is 4.79 Å². The number of amides is 1. The number of nitrogens with zero attached hydrogens (tertiary/aromatic N) is 1. The number of benzene rings is 2. The predicted molar refractivity (Wildman–Crippen MR) is 88.9 cm³/mol. The van der Waals surface area contributed by atoms with Crippen LogP contribution in [-0.4, -0.2) is 17.0 Å². The normalized spacial score (nSPS) is 12.1. The molecule has 0 spiro atoms. The Bertz CT molecular complexity index is 860. The van der Waals surface area contributed by atoms with Crippen molar-refractivity contribution in [3.63, 3.8) is 0 Å². The smallest absolute Gasteiger partial charge is 0.265 e. The van der Waals surface area contributed by atoms with Crippen LogP contribution in [0.4, 0.5) is 5.69 Å². The van der Waals surface area contributed by atoms with Gasteiger partial charge in [-0.1, -0.05) is 23.7 Å². The van der Waals surface area contributed by atoms with Crippen molar-refractivity contribution in [3.8, 4) is 5.75 Å². The second-order valence-electron chi connectivity index (χ2n) is 5.10. The fourth-order valence-electron chi connectivity index (χ4n) is 2.15. The molecule has 3 rings (SSSR count). The van der Waals surface area contributed by atoms with Gasteiger partial charge in [0.1, 0.15) is 11.3 Å². The molecule has 1 heterocycles. The van der Waals surface area contributed by atoms with Crippen molar-refractivity contribution in [2.24, 2.45) is 0 Å². The average Bonchev–Trinajstić information content (AvgIpc) is 2.88. The molecule has 118 valence electrons. The van der Waals surface area contributed by atoms with Crippen LogP contribution in [0.2, 0.25) is 5.02 Å². The van der Waals surface area contributed by atoms with Gasteiger partial charge in [0.15, 0.2) is 17.6 Å². The molecule has 3 aromatic rings. The summed E-state index contributed by atoms with van der Waals surface area (Å²) >= 11 is 6.03. The number of para-hydroxylation sites is 1. The summed E-state index contributed by atoms with van der Waals surface area (Å²) in [6.07, 6.45) is -0.690. The van der Waals surface area contributed by atoms with Gasteiger partial charge in [0.25, 0.3) is 5.91 Å². The van der Waals surface area contributed by atoms with Gasteiger partial charge in [0.2, 0.25) is 0 Å². The van der Waals surface area contributed by atoms with E-state index >= 15 is 0 Å². The van der Waals surface area contributed by atoms with Crippen LogP contribution in [0, 0.1) is 6.92 Å². The maximum Gasteiger partial charge on any atom is 0.265 e. The molecule has 0 aliphatic heterocycles. The Hall–Kier alpha value is -2.53. The van der Waals surface area contributed by atoms with Gasteiger partial charge in [0.05, 0.1) is 5.02 Å². The first kappa shape index (κ1) is 15.4. The Balaban J connectivity index is 1.70. The molecular formula is C17H15ClN2O3. The molecule has 0 aliphatic carbocycles. The molecule has 0 saturated heterocycles. The first-order valence-electron chi connectivity index (χ1n) is 7.12. The minimum atomic E-state index is -0.690. The molecule has 5 nitrogen and oxygen atoms in total. The Labute approximate surface area is 138 Å². The van der Waals surface area contributed by atoms with Gasteiger partial charge in [-0.05, 0) is 37.3 Å². The van der Waals surface area contributed by atoms with Crippen molar-refractivity contribution in [3.05, 3.63) is 53.4 Å². The summed E-state index contributed by atoms with van der Waals surface area (Å²) in [5, 5.41) is 3.26. The number of nitrogens with one attached hydrogen (secondary N) is 1. The quantitative estimate of drug-likeness (QED) is 0.778. The van der Waals surface area contributed by atoms with Crippen molar-refractivity contribution in [2.45, 2.75) is 20.0 Å². The van der Waals surface area contributed by atoms with Crippen LogP contribution >= 0.6 is 11.6 Å². The van der Waals surface area contributed by atoms with E-state index in [1.54, 1.807) is 56.3 Å². The first-order valence-corrected chi connectivity index (χ1v) is 7.50. The number of fused-ring (bicyclic) bond motifs is 1. The molecule has 23 heavy (non-hydrogen) atoms. The molecule has 0 radical (unpaired) electrons. The number of hydrogen-bond donors (Lipinski definition) is 1. The lowest BCUT2D eigenvalue weighted by Gasteiger charge is -2.15. The van der Waals surface area contributed by atoms with E-state index in [1.807, 2.05) is 0 Å². The summed E-state index contributed by atoms with van der Waals surface area (Å²) < 4.78 is 11.0. The number of ether oxygens (including phenoxy) is 1. The molecule has 1 N–H and O–H groups in total. The highest BCUT2D eigenvalue weighted by Crippen LogP contribution is 2.25. The highest BCUT2D eigenvalue weighted by Gasteiger charge is 2.16. The van der Waals surface area contributed by atoms with Crippen LogP contribution < -0.4 is 10.1 Å². The highest BCUT2D eigenvalue weighted by atomic mass is 35.5. The lowest BCUT2D eigenvalue weighted by molar-refractivity contribution is -0.122. The van der Waals surface area contributed by atoms with Crippen molar-refractivity contribution in [2.75, 3.05) is 5.32 Å². The monoisotopic (exact) mass is 330 g/mol. The number of anilines is 1. The van der Waals surface area contributed by atoms with Crippen molar-refractivity contribution >= 4 is 34.3 Å². The zero-order chi connectivity index (χ0) is 16.4. The largest absolute Gasteiger partial charge is 0.479 e. The Kier molecular flexibility index (Phi) is 4.21. The molecular weight excluding hydrogens is 316 g/mol. The minimum Gasteiger partial charge on any atom is -0.479 e. The number of rotatable bonds is 4. The van der Waals surface area contributed by atoms with Crippen molar-refractivity contribution < 1.29 is 13.9 Å².